The molecular formula is C14H19N3O. The Bertz CT molecular complexity index is 420. The summed E-state index contributed by atoms with van der Waals surface area (Å²) >= 11 is 0. The minimum atomic E-state index is -0.103. The van der Waals surface area contributed by atoms with E-state index in [-0.39, 0.29) is 11.8 Å². The van der Waals surface area contributed by atoms with Crippen molar-refractivity contribution < 1.29 is 4.79 Å². The molecule has 96 valence electrons. The van der Waals surface area contributed by atoms with E-state index >= 15 is 0 Å². The molecule has 0 bridgehead atoms. The molecule has 0 saturated heterocycles. The molecule has 1 amide bonds. The summed E-state index contributed by atoms with van der Waals surface area (Å²) in [6, 6.07) is 9.23. The molecule has 1 atom stereocenters. The highest BCUT2D eigenvalue weighted by atomic mass is 16.1. The van der Waals surface area contributed by atoms with Gasteiger partial charge in [0.15, 0.2) is 0 Å². The number of carbonyl (C=O) groups excluding carboxylic acids is 1. The van der Waals surface area contributed by atoms with Gasteiger partial charge >= 0.3 is 0 Å². The number of nitrogens with two attached hydrogens (primary N) is 1. The molecule has 1 aromatic carbocycles. The van der Waals surface area contributed by atoms with Crippen LogP contribution >= 0.6 is 0 Å². The lowest BCUT2D eigenvalue weighted by atomic mass is 10.0. The van der Waals surface area contributed by atoms with E-state index in [4.69, 9.17) is 11.0 Å². The fourth-order valence-corrected chi connectivity index (χ4v) is 1.74. The number of nitrogens with zero attached hydrogens (tertiary/aromatic N) is 1. The van der Waals surface area contributed by atoms with Crippen LogP contribution in [-0.2, 0) is 11.3 Å². The zero-order valence-electron chi connectivity index (χ0n) is 10.6. The van der Waals surface area contributed by atoms with E-state index < -0.39 is 0 Å². The predicted octanol–water partition coefficient (Wildman–Crippen LogP) is 1.55. The molecule has 1 unspecified atom stereocenters. The Hall–Kier alpha value is -1.86. The molecule has 0 fully saturated rings. The highest BCUT2D eigenvalue weighted by Gasteiger charge is 2.14. The maximum atomic E-state index is 11.8. The normalized spacial score (nSPS) is 11.6. The topological polar surface area (TPSA) is 78.9 Å². The molecule has 18 heavy (non-hydrogen) atoms. The van der Waals surface area contributed by atoms with Gasteiger partial charge in [-0.2, -0.15) is 5.26 Å². The number of hydrogen-bond donors (Lipinski definition) is 2. The summed E-state index contributed by atoms with van der Waals surface area (Å²) in [6.45, 7) is 2.90. The van der Waals surface area contributed by atoms with Gasteiger partial charge in [-0.15, -0.1) is 0 Å². The second-order valence-corrected chi connectivity index (χ2v) is 4.25. The second-order valence-electron chi connectivity index (χ2n) is 4.25. The van der Waals surface area contributed by atoms with Gasteiger partial charge in [0.25, 0.3) is 0 Å². The molecular weight excluding hydrogens is 226 g/mol. The quantitative estimate of drug-likeness (QED) is 0.798. The van der Waals surface area contributed by atoms with E-state index in [1.54, 1.807) is 12.1 Å². The summed E-state index contributed by atoms with van der Waals surface area (Å²) < 4.78 is 0. The fraction of sp³-hybridized carbons (Fsp3) is 0.429. The van der Waals surface area contributed by atoms with E-state index in [0.717, 1.165) is 18.4 Å². The van der Waals surface area contributed by atoms with Crippen LogP contribution in [0.1, 0.15) is 30.9 Å². The highest BCUT2D eigenvalue weighted by Crippen LogP contribution is 2.06. The molecule has 0 radical (unpaired) electrons. The Morgan fingerprint density at radius 1 is 1.44 bits per heavy atom. The average Bonchev–Trinajstić information content (AvgIpc) is 2.42. The maximum absolute atomic E-state index is 11.8. The Kier molecular flexibility index (Phi) is 5.89. The van der Waals surface area contributed by atoms with Crippen molar-refractivity contribution >= 4 is 5.91 Å². The van der Waals surface area contributed by atoms with Gasteiger partial charge < -0.3 is 11.1 Å². The largest absolute Gasteiger partial charge is 0.352 e. The summed E-state index contributed by atoms with van der Waals surface area (Å²) in [4.78, 5) is 11.8. The molecule has 0 spiro atoms. The van der Waals surface area contributed by atoms with Crippen molar-refractivity contribution in [3.05, 3.63) is 35.4 Å². The van der Waals surface area contributed by atoms with Crippen LogP contribution in [0.3, 0.4) is 0 Å². The Morgan fingerprint density at radius 3 is 2.61 bits per heavy atom. The van der Waals surface area contributed by atoms with Gasteiger partial charge in [0.05, 0.1) is 17.6 Å². The van der Waals surface area contributed by atoms with Gasteiger partial charge in [0.1, 0.15) is 0 Å². The molecule has 0 aliphatic heterocycles. The van der Waals surface area contributed by atoms with Gasteiger partial charge in [0.2, 0.25) is 5.91 Å². The first kappa shape index (κ1) is 14.2. The van der Waals surface area contributed by atoms with Crippen LogP contribution in [0.4, 0.5) is 0 Å². The van der Waals surface area contributed by atoms with Gasteiger partial charge in [-0.25, -0.2) is 0 Å². The van der Waals surface area contributed by atoms with E-state index in [1.165, 1.54) is 0 Å². The molecule has 0 aromatic heterocycles. The Balaban J connectivity index is 2.48. The summed E-state index contributed by atoms with van der Waals surface area (Å²) in [7, 11) is 0. The molecule has 4 heteroatoms. The van der Waals surface area contributed by atoms with Crippen molar-refractivity contribution in [2.75, 3.05) is 6.54 Å². The van der Waals surface area contributed by atoms with Crippen LogP contribution in [0, 0.1) is 17.2 Å². The number of nitrogens with one attached hydrogen (secondary N) is 1. The van der Waals surface area contributed by atoms with Crippen LogP contribution in [0.15, 0.2) is 24.3 Å². The highest BCUT2D eigenvalue weighted by molar-refractivity contribution is 5.78. The van der Waals surface area contributed by atoms with Crippen LogP contribution < -0.4 is 11.1 Å². The summed E-state index contributed by atoms with van der Waals surface area (Å²) in [5.74, 6) is -0.0999. The van der Waals surface area contributed by atoms with Crippen molar-refractivity contribution in [3.63, 3.8) is 0 Å². The predicted molar refractivity (Wildman–Crippen MR) is 70.5 cm³/mol. The molecule has 1 rings (SSSR count). The van der Waals surface area contributed by atoms with Crippen molar-refractivity contribution in [3.8, 4) is 6.07 Å². The minimum absolute atomic E-state index is 0.00343. The van der Waals surface area contributed by atoms with E-state index in [2.05, 4.69) is 11.4 Å². The third-order valence-electron chi connectivity index (χ3n) is 2.84. The second kappa shape index (κ2) is 7.46. The number of nitriles is 1. The van der Waals surface area contributed by atoms with E-state index in [1.807, 2.05) is 19.1 Å². The zero-order chi connectivity index (χ0) is 13.4. The lowest BCUT2D eigenvalue weighted by Gasteiger charge is -2.13. The van der Waals surface area contributed by atoms with Crippen LogP contribution in [-0.4, -0.2) is 12.5 Å². The number of carbonyl (C=O) groups is 1. The standard InChI is InChI=1S/C14H19N3O/c1-2-3-13(9-16)14(18)17-10-12-6-4-11(8-15)5-7-12/h4-7,13H,2-3,9-10,16H2,1H3,(H,17,18). The number of rotatable bonds is 6. The van der Waals surface area contributed by atoms with Crippen molar-refractivity contribution in [1.29, 1.82) is 5.26 Å². The first-order valence-corrected chi connectivity index (χ1v) is 6.18. The third kappa shape index (κ3) is 4.19. The molecule has 0 saturated carbocycles. The molecule has 0 aliphatic carbocycles. The fourth-order valence-electron chi connectivity index (χ4n) is 1.74. The minimum Gasteiger partial charge on any atom is -0.352 e. The van der Waals surface area contributed by atoms with Gasteiger partial charge in [-0.05, 0) is 24.1 Å². The Morgan fingerprint density at radius 2 is 2.11 bits per heavy atom. The van der Waals surface area contributed by atoms with Crippen LogP contribution in [0.2, 0.25) is 0 Å². The van der Waals surface area contributed by atoms with Gasteiger partial charge in [-0.3, -0.25) is 4.79 Å². The molecule has 4 nitrogen and oxygen atoms in total. The molecule has 1 aromatic rings. The van der Waals surface area contributed by atoms with Crippen LogP contribution in [0.5, 0.6) is 0 Å². The van der Waals surface area contributed by atoms with E-state index in [0.29, 0.717) is 18.7 Å². The first-order valence-electron chi connectivity index (χ1n) is 6.18. The average molecular weight is 245 g/mol. The van der Waals surface area contributed by atoms with Crippen molar-refractivity contribution in [1.82, 2.24) is 5.32 Å². The number of benzene rings is 1. The Labute approximate surface area is 108 Å². The summed E-state index contributed by atoms with van der Waals surface area (Å²) in [5.41, 5.74) is 7.17. The monoisotopic (exact) mass is 245 g/mol. The van der Waals surface area contributed by atoms with E-state index in [9.17, 15) is 4.79 Å². The van der Waals surface area contributed by atoms with Crippen molar-refractivity contribution in [2.24, 2.45) is 11.7 Å². The zero-order valence-corrected chi connectivity index (χ0v) is 10.6. The third-order valence-corrected chi connectivity index (χ3v) is 2.84. The smallest absolute Gasteiger partial charge is 0.224 e. The SMILES string of the molecule is CCCC(CN)C(=O)NCc1ccc(C#N)cc1. The summed E-state index contributed by atoms with van der Waals surface area (Å²) in [5, 5.41) is 11.5. The molecule has 0 aliphatic rings. The van der Waals surface area contributed by atoms with Crippen molar-refractivity contribution in [2.45, 2.75) is 26.3 Å². The first-order chi connectivity index (χ1) is 8.71. The molecule has 3 N–H and O–H groups in total. The lowest BCUT2D eigenvalue weighted by molar-refractivity contribution is -0.125. The lowest BCUT2D eigenvalue weighted by Crippen LogP contribution is -2.34. The summed E-state index contributed by atoms with van der Waals surface area (Å²) in [6.07, 6.45) is 1.77. The number of hydrogen-bond acceptors (Lipinski definition) is 3. The molecule has 0 heterocycles. The van der Waals surface area contributed by atoms with Gasteiger partial charge in [0, 0.05) is 13.1 Å². The number of amides is 1. The van der Waals surface area contributed by atoms with Crippen LogP contribution in [0.25, 0.3) is 0 Å². The maximum Gasteiger partial charge on any atom is 0.224 e. The van der Waals surface area contributed by atoms with Gasteiger partial charge in [-0.1, -0.05) is 25.5 Å².